The van der Waals surface area contributed by atoms with Gasteiger partial charge < -0.3 is 15.8 Å². The largest absolute Gasteiger partial charge is 0.457 e. The van der Waals surface area contributed by atoms with Gasteiger partial charge in [0.25, 0.3) is 5.91 Å². The van der Waals surface area contributed by atoms with Gasteiger partial charge in [0.1, 0.15) is 21.2 Å². The van der Waals surface area contributed by atoms with E-state index in [0.717, 1.165) is 17.9 Å². The van der Waals surface area contributed by atoms with Crippen molar-refractivity contribution in [1.29, 1.82) is 0 Å². The first-order valence-corrected chi connectivity index (χ1v) is 11.5. The molecule has 5 rings (SSSR count). The lowest BCUT2D eigenvalue weighted by Gasteiger charge is -2.29. The topological polar surface area (TPSA) is 94.3 Å². The van der Waals surface area contributed by atoms with Crippen molar-refractivity contribution in [2.24, 2.45) is 5.41 Å². The Morgan fingerprint density at radius 1 is 1.06 bits per heavy atom. The molecule has 33 heavy (non-hydrogen) atoms. The van der Waals surface area contributed by atoms with Crippen molar-refractivity contribution in [3.8, 4) is 11.5 Å². The number of ether oxygens (including phenoxy) is 1. The summed E-state index contributed by atoms with van der Waals surface area (Å²) in [4.78, 5) is 31.3. The Labute approximate surface area is 195 Å². The van der Waals surface area contributed by atoms with E-state index in [1.54, 1.807) is 30.3 Å². The van der Waals surface area contributed by atoms with Gasteiger partial charge in [-0.05, 0) is 54.3 Å². The lowest BCUT2D eigenvalue weighted by atomic mass is 9.75. The second-order valence-corrected chi connectivity index (χ2v) is 10.0. The first kappa shape index (κ1) is 21.2. The van der Waals surface area contributed by atoms with Crippen molar-refractivity contribution >= 4 is 44.6 Å². The van der Waals surface area contributed by atoms with Gasteiger partial charge in [-0.15, -0.1) is 11.3 Å². The smallest absolute Gasteiger partial charge is 0.267 e. The molecule has 1 aliphatic carbocycles. The minimum atomic E-state index is -0.308. The molecule has 0 aliphatic heterocycles. The number of amides is 1. The number of nitrogens with zero attached hydrogens (tertiary/aromatic N) is 1. The lowest BCUT2D eigenvalue weighted by Crippen LogP contribution is -2.27. The van der Waals surface area contributed by atoms with E-state index in [2.05, 4.69) is 19.2 Å². The molecule has 2 aromatic carbocycles. The van der Waals surface area contributed by atoms with Crippen molar-refractivity contribution in [3.63, 3.8) is 0 Å². The average molecular weight is 458 g/mol. The van der Waals surface area contributed by atoms with Crippen LogP contribution in [0.2, 0.25) is 0 Å². The van der Waals surface area contributed by atoms with Crippen LogP contribution in [0.1, 0.15) is 46.0 Å². The van der Waals surface area contributed by atoms with Gasteiger partial charge in [-0.3, -0.25) is 9.59 Å². The number of benzene rings is 2. The number of pyridine rings is 1. The zero-order chi connectivity index (χ0) is 23.2. The van der Waals surface area contributed by atoms with Gasteiger partial charge in [-0.2, -0.15) is 0 Å². The molecule has 0 bridgehead atoms. The number of hydrogen-bond donors (Lipinski definition) is 2. The van der Waals surface area contributed by atoms with Gasteiger partial charge in [0.15, 0.2) is 5.78 Å². The third-order valence-electron chi connectivity index (χ3n) is 5.68. The number of thiophene rings is 1. The third-order valence-corrected chi connectivity index (χ3v) is 6.80. The lowest BCUT2D eigenvalue weighted by molar-refractivity contribution is 0.0910. The number of nitrogen functional groups attached to an aromatic ring is 1. The summed E-state index contributed by atoms with van der Waals surface area (Å²) in [6, 6.07) is 18.4. The molecule has 0 spiro atoms. The molecule has 0 saturated heterocycles. The molecule has 1 amide bonds. The van der Waals surface area contributed by atoms with Crippen LogP contribution in [0.15, 0.2) is 60.7 Å². The van der Waals surface area contributed by atoms with Crippen molar-refractivity contribution in [1.82, 2.24) is 4.98 Å². The first-order valence-electron chi connectivity index (χ1n) is 10.7. The monoisotopic (exact) mass is 457 g/mol. The number of fused-ring (bicyclic) bond motifs is 2. The summed E-state index contributed by atoms with van der Waals surface area (Å²) in [5, 5.41) is 3.54. The minimum Gasteiger partial charge on any atom is -0.457 e. The number of rotatable bonds is 4. The van der Waals surface area contributed by atoms with E-state index in [4.69, 9.17) is 15.5 Å². The minimum absolute atomic E-state index is 0.0741. The number of aromatic nitrogens is 1. The van der Waals surface area contributed by atoms with Crippen LogP contribution in [0.5, 0.6) is 11.5 Å². The summed E-state index contributed by atoms with van der Waals surface area (Å²) in [6.07, 6.45) is 1.20. The predicted molar refractivity (Wildman–Crippen MR) is 131 cm³/mol. The van der Waals surface area contributed by atoms with Gasteiger partial charge in [0.05, 0.1) is 11.4 Å². The number of Topliss-reactive ketones (excluding diaryl/α,β-unsaturated/α-hetero) is 1. The molecule has 1 aliphatic rings. The highest BCUT2D eigenvalue weighted by Gasteiger charge is 2.33. The van der Waals surface area contributed by atoms with Gasteiger partial charge in [0, 0.05) is 23.1 Å². The van der Waals surface area contributed by atoms with Crippen LogP contribution >= 0.6 is 11.3 Å². The van der Waals surface area contributed by atoms with Gasteiger partial charge >= 0.3 is 0 Å². The van der Waals surface area contributed by atoms with E-state index in [1.165, 1.54) is 11.3 Å². The molecule has 7 heteroatoms. The quantitative estimate of drug-likeness (QED) is 0.387. The fraction of sp³-hybridized carbons (Fsp3) is 0.192. The molecule has 6 nitrogen and oxygen atoms in total. The number of para-hydroxylation sites is 1. The molecule has 0 unspecified atom stereocenters. The van der Waals surface area contributed by atoms with E-state index < -0.39 is 0 Å². The molecule has 166 valence electrons. The summed E-state index contributed by atoms with van der Waals surface area (Å²) in [5.74, 6) is 1.18. The van der Waals surface area contributed by atoms with Crippen LogP contribution in [0, 0.1) is 5.41 Å². The summed E-state index contributed by atoms with van der Waals surface area (Å²) in [7, 11) is 0. The molecule has 3 N–H and O–H groups in total. The Hall–Kier alpha value is -3.71. The molecule has 0 saturated carbocycles. The fourth-order valence-electron chi connectivity index (χ4n) is 4.09. The van der Waals surface area contributed by atoms with Crippen LogP contribution < -0.4 is 15.8 Å². The van der Waals surface area contributed by atoms with E-state index in [0.29, 0.717) is 44.2 Å². The molecule has 0 fully saturated rings. The summed E-state index contributed by atoms with van der Waals surface area (Å²) in [6.45, 7) is 4.13. The molecule has 2 aromatic heterocycles. The van der Waals surface area contributed by atoms with E-state index >= 15 is 0 Å². The van der Waals surface area contributed by atoms with Crippen LogP contribution in [0.3, 0.4) is 0 Å². The zero-order valence-electron chi connectivity index (χ0n) is 18.3. The van der Waals surface area contributed by atoms with Crippen molar-refractivity contribution in [2.45, 2.75) is 26.7 Å². The Kier molecular flexibility index (Phi) is 5.13. The number of carbonyl (C=O) groups is 2. The molecular weight excluding hydrogens is 434 g/mol. The highest BCUT2D eigenvalue weighted by Crippen LogP contribution is 2.39. The van der Waals surface area contributed by atoms with Crippen molar-refractivity contribution in [3.05, 3.63) is 76.8 Å². The van der Waals surface area contributed by atoms with E-state index in [1.807, 2.05) is 30.3 Å². The summed E-state index contributed by atoms with van der Waals surface area (Å²) in [5.41, 5.74) is 8.57. The maximum absolute atomic E-state index is 13.0. The highest BCUT2D eigenvalue weighted by atomic mass is 32.1. The van der Waals surface area contributed by atoms with Crippen LogP contribution in [-0.2, 0) is 6.42 Å². The number of anilines is 2. The predicted octanol–water partition coefficient (Wildman–Crippen LogP) is 6.08. The molecular formula is C26H23N3O3S. The van der Waals surface area contributed by atoms with Gasteiger partial charge in [-0.25, -0.2) is 4.98 Å². The normalized spacial score (nSPS) is 14.7. The van der Waals surface area contributed by atoms with Crippen molar-refractivity contribution < 1.29 is 14.3 Å². The molecule has 4 aromatic rings. The van der Waals surface area contributed by atoms with Crippen LogP contribution in [0.25, 0.3) is 10.2 Å². The fourth-order valence-corrected chi connectivity index (χ4v) is 5.08. The number of hydrogen-bond acceptors (Lipinski definition) is 6. The number of nitrogens with two attached hydrogens (primary N) is 1. The average Bonchev–Trinajstić information content (AvgIpc) is 3.09. The van der Waals surface area contributed by atoms with E-state index in [-0.39, 0.29) is 17.1 Å². The summed E-state index contributed by atoms with van der Waals surface area (Å²) < 4.78 is 5.79. The molecule has 0 radical (unpaired) electrons. The van der Waals surface area contributed by atoms with Gasteiger partial charge in [-0.1, -0.05) is 32.0 Å². The zero-order valence-corrected chi connectivity index (χ0v) is 19.2. The standard InChI is InChI=1S/C26H23N3O3S/c1-26(2)13-20-18(21(30)14-26)12-19-22(27)23(33-25(19)29-20)24(31)28-15-8-10-17(11-9-15)32-16-6-4-3-5-7-16/h3-12H,13-14,27H2,1-2H3,(H,28,31). The second-order valence-electron chi connectivity index (χ2n) is 9.01. The van der Waals surface area contributed by atoms with E-state index in [9.17, 15) is 9.59 Å². The second kappa shape index (κ2) is 8.01. The Morgan fingerprint density at radius 3 is 2.48 bits per heavy atom. The summed E-state index contributed by atoms with van der Waals surface area (Å²) >= 11 is 1.25. The van der Waals surface area contributed by atoms with Crippen LogP contribution in [-0.4, -0.2) is 16.7 Å². The van der Waals surface area contributed by atoms with Crippen molar-refractivity contribution in [2.75, 3.05) is 11.1 Å². The number of nitrogens with one attached hydrogen (secondary N) is 1. The first-order chi connectivity index (χ1) is 15.8. The Morgan fingerprint density at radius 2 is 1.76 bits per heavy atom. The van der Waals surface area contributed by atoms with Crippen LogP contribution in [0.4, 0.5) is 11.4 Å². The molecule has 0 atom stereocenters. The highest BCUT2D eigenvalue weighted by molar-refractivity contribution is 7.21. The SMILES string of the molecule is CC1(C)CC(=O)c2cc3c(N)c(C(=O)Nc4ccc(Oc5ccccc5)cc4)sc3nc2C1. The Balaban J connectivity index is 1.37. The number of carbonyl (C=O) groups excluding carboxylic acids is 2. The molecule has 2 heterocycles. The maximum Gasteiger partial charge on any atom is 0.267 e. The number of ketones is 1. The Bertz CT molecular complexity index is 1380. The van der Waals surface area contributed by atoms with Gasteiger partial charge in [0.2, 0.25) is 0 Å². The third kappa shape index (κ3) is 4.19. The maximum atomic E-state index is 13.0.